The maximum Gasteiger partial charge on any atom is 0.427 e. The summed E-state index contributed by atoms with van der Waals surface area (Å²) < 4.78 is 5.32. The highest BCUT2D eigenvalue weighted by molar-refractivity contribution is 6.34. The summed E-state index contributed by atoms with van der Waals surface area (Å²) in [6, 6.07) is 6.70. The Labute approximate surface area is 221 Å². The second-order valence-corrected chi connectivity index (χ2v) is 11.8. The molecule has 2 aliphatic carbocycles. The molecule has 1 aromatic rings. The normalized spacial score (nSPS) is 24.2. The van der Waals surface area contributed by atoms with E-state index in [1.807, 2.05) is 6.92 Å². The molecule has 1 aromatic carbocycles. The summed E-state index contributed by atoms with van der Waals surface area (Å²) in [6.45, 7) is 21.4. The molecule has 1 unspecified atom stereocenters. The van der Waals surface area contributed by atoms with Gasteiger partial charge in [0.1, 0.15) is 11.5 Å². The monoisotopic (exact) mass is 521 g/mol. The zero-order valence-corrected chi connectivity index (χ0v) is 24.2. The van der Waals surface area contributed by atoms with Crippen LogP contribution in [0.4, 0.5) is 10.5 Å². The molecule has 8 heteroatoms. The largest absolute Gasteiger partial charge is 0.443 e. The quantitative estimate of drug-likeness (QED) is 0.374. The van der Waals surface area contributed by atoms with Crippen LogP contribution in [0.3, 0.4) is 0 Å². The van der Waals surface area contributed by atoms with E-state index >= 15 is 0 Å². The minimum absolute atomic E-state index is 0.0632. The van der Waals surface area contributed by atoms with Gasteiger partial charge in [-0.3, -0.25) is 9.59 Å². The number of benzene rings is 1. The number of ether oxygens (including phenoxy) is 1. The van der Waals surface area contributed by atoms with Crippen LogP contribution >= 0.6 is 11.6 Å². The number of hydrogen-bond donors (Lipinski definition) is 1. The third kappa shape index (κ3) is 6.05. The van der Waals surface area contributed by atoms with Crippen LogP contribution in [0.1, 0.15) is 75.2 Å². The molecule has 2 saturated carbocycles. The van der Waals surface area contributed by atoms with Gasteiger partial charge in [-0.05, 0) is 76.7 Å². The molecular formula is C28H44ClN3O4. The lowest BCUT2D eigenvalue weighted by Crippen LogP contribution is -2.53. The van der Waals surface area contributed by atoms with Crippen LogP contribution in [0.2, 0.25) is 5.02 Å². The Morgan fingerprint density at radius 1 is 1.08 bits per heavy atom. The number of halogens is 1. The molecule has 0 spiro atoms. The van der Waals surface area contributed by atoms with Crippen LogP contribution in [0.5, 0.6) is 0 Å². The fourth-order valence-electron chi connectivity index (χ4n) is 5.44. The number of ketones is 1. The highest BCUT2D eigenvalue weighted by atomic mass is 35.5. The third-order valence-electron chi connectivity index (χ3n) is 8.06. The number of anilines is 1. The van der Waals surface area contributed by atoms with E-state index in [-0.39, 0.29) is 22.1 Å². The molecule has 0 aliphatic heterocycles. The van der Waals surface area contributed by atoms with E-state index in [4.69, 9.17) is 16.3 Å². The van der Waals surface area contributed by atoms with Gasteiger partial charge < -0.3 is 9.64 Å². The highest BCUT2D eigenvalue weighted by Crippen LogP contribution is 2.66. The molecule has 3 rings (SSSR count). The Balaban J connectivity index is 0.000000572. The summed E-state index contributed by atoms with van der Waals surface area (Å²) in [5.74, 6) is -1.45. The second-order valence-electron chi connectivity index (χ2n) is 11.4. The van der Waals surface area contributed by atoms with Crippen LogP contribution in [0.15, 0.2) is 24.3 Å². The van der Waals surface area contributed by atoms with Crippen molar-refractivity contribution in [2.75, 3.05) is 24.6 Å². The van der Waals surface area contributed by atoms with E-state index in [0.717, 1.165) is 17.9 Å². The average molecular weight is 522 g/mol. The molecule has 0 saturated heterocycles. The number of fused-ring (bicyclic) bond motifs is 2. The summed E-state index contributed by atoms with van der Waals surface area (Å²) in [6.07, 6.45) is 0.791. The van der Waals surface area contributed by atoms with Crippen molar-refractivity contribution in [3.63, 3.8) is 0 Å². The number of Topliss-reactive ketones (excluding diaryl/α,β-unsaturated/α-hetero) is 1. The van der Waals surface area contributed by atoms with Crippen LogP contribution < -0.4 is 10.4 Å². The number of amides is 2. The topological polar surface area (TPSA) is 79.0 Å². The first kappa shape index (κ1) is 30.1. The Morgan fingerprint density at radius 3 is 2.06 bits per heavy atom. The predicted octanol–water partition coefficient (Wildman–Crippen LogP) is 6.10. The molecule has 0 heterocycles. The first-order valence-corrected chi connectivity index (χ1v) is 13.4. The number of carbonyl (C=O) groups excluding carboxylic acids is 3. The van der Waals surface area contributed by atoms with Crippen molar-refractivity contribution in [1.82, 2.24) is 10.3 Å². The third-order valence-corrected chi connectivity index (χ3v) is 8.38. The van der Waals surface area contributed by atoms with Gasteiger partial charge in [0.25, 0.3) is 5.91 Å². The van der Waals surface area contributed by atoms with Gasteiger partial charge in [-0.25, -0.2) is 15.2 Å². The van der Waals surface area contributed by atoms with E-state index in [0.29, 0.717) is 5.69 Å². The summed E-state index contributed by atoms with van der Waals surface area (Å²) in [7, 11) is 0. The van der Waals surface area contributed by atoms with Gasteiger partial charge in [0.2, 0.25) is 0 Å². The molecule has 202 valence electrons. The Hall–Kier alpha value is -2.12. The van der Waals surface area contributed by atoms with E-state index in [1.54, 1.807) is 45.0 Å². The standard InChI is InChI=1S/C22H29ClN2O4.C6H15N/c1-20(2,3)29-19(28)24-25(15-10-8-7-9-14(15)23)18(27)16-13-11-12-22(6,17(16)26)21(13,4)5;1-4-7(5-2)6-3/h7-10,13,16H,11-12H2,1-6H3,(H,24,28);4-6H2,1-3H3/t13-,16?,22+;/m0./s1. The van der Waals surface area contributed by atoms with Crippen molar-refractivity contribution in [2.45, 2.75) is 80.8 Å². The molecule has 7 nitrogen and oxygen atoms in total. The molecule has 2 aliphatic rings. The fraction of sp³-hybridized carbons (Fsp3) is 0.679. The van der Waals surface area contributed by atoms with Gasteiger partial charge in [0.15, 0.2) is 5.78 Å². The lowest BCUT2D eigenvalue weighted by Gasteiger charge is -2.32. The smallest absolute Gasteiger partial charge is 0.427 e. The van der Waals surface area contributed by atoms with Crippen molar-refractivity contribution in [3.05, 3.63) is 29.3 Å². The van der Waals surface area contributed by atoms with Crippen molar-refractivity contribution in [2.24, 2.45) is 22.7 Å². The molecule has 0 aromatic heterocycles. The number of para-hydroxylation sites is 1. The number of nitrogens with zero attached hydrogens (tertiary/aromatic N) is 2. The summed E-state index contributed by atoms with van der Waals surface area (Å²) in [5, 5.41) is 1.37. The van der Waals surface area contributed by atoms with E-state index in [1.165, 1.54) is 19.6 Å². The van der Waals surface area contributed by atoms with Crippen molar-refractivity contribution in [3.8, 4) is 0 Å². The number of carbonyl (C=O) groups is 3. The predicted molar refractivity (Wildman–Crippen MR) is 145 cm³/mol. The Morgan fingerprint density at radius 2 is 1.64 bits per heavy atom. The first-order chi connectivity index (χ1) is 16.6. The molecule has 1 N–H and O–H groups in total. The average Bonchev–Trinajstić information content (AvgIpc) is 3.10. The van der Waals surface area contributed by atoms with Gasteiger partial charge >= 0.3 is 6.09 Å². The van der Waals surface area contributed by atoms with Crippen LogP contribution in [0, 0.1) is 22.7 Å². The summed E-state index contributed by atoms with van der Waals surface area (Å²) in [5.41, 5.74) is 1.25. The maximum absolute atomic E-state index is 13.6. The second kappa shape index (κ2) is 11.5. The van der Waals surface area contributed by atoms with Crippen molar-refractivity contribution >= 4 is 35.1 Å². The van der Waals surface area contributed by atoms with E-state index in [2.05, 4.69) is 44.9 Å². The number of nitrogens with one attached hydrogen (secondary N) is 1. The molecule has 2 fully saturated rings. The summed E-state index contributed by atoms with van der Waals surface area (Å²) in [4.78, 5) is 41.7. The number of rotatable bonds is 5. The van der Waals surface area contributed by atoms with Crippen molar-refractivity contribution in [1.29, 1.82) is 0 Å². The molecular weight excluding hydrogens is 478 g/mol. The summed E-state index contributed by atoms with van der Waals surface area (Å²) >= 11 is 6.31. The minimum atomic E-state index is -0.824. The highest BCUT2D eigenvalue weighted by Gasteiger charge is 2.68. The molecule has 0 radical (unpaired) electrons. The number of hydrogen-bond acceptors (Lipinski definition) is 5. The molecule has 2 bridgehead atoms. The first-order valence-electron chi connectivity index (χ1n) is 13.0. The van der Waals surface area contributed by atoms with Gasteiger partial charge in [0.05, 0.1) is 10.7 Å². The lowest BCUT2D eigenvalue weighted by molar-refractivity contribution is -0.138. The van der Waals surface area contributed by atoms with Crippen LogP contribution in [0.25, 0.3) is 0 Å². The Kier molecular flexibility index (Phi) is 9.63. The zero-order chi connectivity index (χ0) is 27.5. The van der Waals surface area contributed by atoms with Crippen molar-refractivity contribution < 1.29 is 19.1 Å². The molecule has 3 atom stereocenters. The van der Waals surface area contributed by atoms with Gasteiger partial charge in [-0.2, -0.15) is 0 Å². The van der Waals surface area contributed by atoms with Gasteiger partial charge in [-0.1, -0.05) is 65.3 Å². The fourth-order valence-corrected chi connectivity index (χ4v) is 5.66. The number of hydrazine groups is 1. The lowest BCUT2D eigenvalue weighted by atomic mass is 9.70. The SMILES string of the molecule is CC(C)(C)OC(=O)NN(C(=O)C1C(=O)[C@@]2(C)CC[C@@H]1C2(C)C)c1ccccc1Cl.CCN(CC)CC. The van der Waals surface area contributed by atoms with Crippen LogP contribution in [-0.4, -0.2) is 47.9 Å². The maximum atomic E-state index is 13.6. The molecule has 2 amide bonds. The van der Waals surface area contributed by atoms with Gasteiger partial charge in [-0.15, -0.1) is 0 Å². The minimum Gasteiger partial charge on any atom is -0.443 e. The molecule has 36 heavy (non-hydrogen) atoms. The zero-order valence-electron chi connectivity index (χ0n) is 23.4. The van der Waals surface area contributed by atoms with E-state index in [9.17, 15) is 14.4 Å². The van der Waals surface area contributed by atoms with Gasteiger partial charge in [0, 0.05) is 5.41 Å². The van der Waals surface area contributed by atoms with Crippen LogP contribution in [-0.2, 0) is 14.3 Å². The van der Waals surface area contributed by atoms with E-state index < -0.39 is 28.9 Å². The Bertz CT molecular complexity index is 949.